The normalized spacial score (nSPS) is 10.6. The molecular formula is C16H11ClF3N5. The van der Waals surface area contributed by atoms with Gasteiger partial charge < -0.3 is 16.4 Å². The number of halogens is 4. The lowest BCUT2D eigenvalue weighted by atomic mass is 10.3. The van der Waals surface area contributed by atoms with Crippen molar-refractivity contribution >= 4 is 40.3 Å². The van der Waals surface area contributed by atoms with Gasteiger partial charge in [0.15, 0.2) is 11.6 Å². The van der Waals surface area contributed by atoms with Crippen LogP contribution in [0.5, 0.6) is 0 Å². The van der Waals surface area contributed by atoms with E-state index in [1.54, 1.807) is 0 Å². The molecule has 0 aliphatic rings. The minimum absolute atomic E-state index is 0.0617. The predicted molar refractivity (Wildman–Crippen MR) is 90.8 cm³/mol. The number of benzene rings is 2. The highest BCUT2D eigenvalue weighted by Crippen LogP contribution is 2.30. The maximum atomic E-state index is 13.7. The van der Waals surface area contributed by atoms with Crippen molar-refractivity contribution in [2.45, 2.75) is 0 Å². The van der Waals surface area contributed by atoms with Crippen molar-refractivity contribution < 1.29 is 13.2 Å². The summed E-state index contributed by atoms with van der Waals surface area (Å²) in [5.74, 6) is -1.57. The van der Waals surface area contributed by atoms with Crippen LogP contribution in [0, 0.1) is 17.5 Å². The Kier molecular flexibility index (Phi) is 4.62. The number of rotatable bonds is 4. The lowest BCUT2D eigenvalue weighted by Gasteiger charge is -2.13. The first-order valence-corrected chi connectivity index (χ1v) is 7.36. The largest absolute Gasteiger partial charge is 0.393 e. The SMILES string of the molecule is Nc1c(Nc2ccc(F)c(Cl)c2)ncnc1Nc1cc(F)ccc1F. The van der Waals surface area contributed by atoms with Gasteiger partial charge in [-0.3, -0.25) is 0 Å². The Morgan fingerprint density at radius 3 is 2.28 bits per heavy atom. The molecule has 3 rings (SSSR count). The Labute approximate surface area is 145 Å². The molecule has 128 valence electrons. The molecule has 1 aromatic heterocycles. The monoisotopic (exact) mass is 365 g/mol. The molecular weight excluding hydrogens is 355 g/mol. The van der Waals surface area contributed by atoms with Crippen molar-refractivity contribution in [2.24, 2.45) is 0 Å². The molecule has 0 radical (unpaired) electrons. The van der Waals surface area contributed by atoms with Crippen molar-refractivity contribution in [2.75, 3.05) is 16.4 Å². The van der Waals surface area contributed by atoms with Gasteiger partial charge in [0.05, 0.1) is 10.7 Å². The highest BCUT2D eigenvalue weighted by molar-refractivity contribution is 6.31. The molecule has 0 atom stereocenters. The van der Waals surface area contributed by atoms with E-state index in [0.717, 1.165) is 18.2 Å². The van der Waals surface area contributed by atoms with Gasteiger partial charge in [0.1, 0.15) is 29.5 Å². The molecule has 0 saturated carbocycles. The maximum absolute atomic E-state index is 13.7. The zero-order chi connectivity index (χ0) is 18.0. The van der Waals surface area contributed by atoms with Crippen LogP contribution >= 0.6 is 11.6 Å². The second-order valence-electron chi connectivity index (χ2n) is 4.99. The van der Waals surface area contributed by atoms with Gasteiger partial charge >= 0.3 is 0 Å². The van der Waals surface area contributed by atoms with Gasteiger partial charge in [0.25, 0.3) is 0 Å². The summed E-state index contributed by atoms with van der Waals surface area (Å²) in [6, 6.07) is 6.94. The number of aromatic nitrogens is 2. The highest BCUT2D eigenvalue weighted by Gasteiger charge is 2.12. The first-order valence-electron chi connectivity index (χ1n) is 6.98. The summed E-state index contributed by atoms with van der Waals surface area (Å²) >= 11 is 5.72. The Morgan fingerprint density at radius 2 is 1.56 bits per heavy atom. The number of anilines is 5. The number of nitrogens with zero attached hydrogens (tertiary/aromatic N) is 2. The molecule has 0 unspecified atom stereocenters. The predicted octanol–water partition coefficient (Wildman–Crippen LogP) is 4.62. The molecule has 3 aromatic rings. The summed E-state index contributed by atoms with van der Waals surface area (Å²) in [6.07, 6.45) is 1.18. The fraction of sp³-hybridized carbons (Fsp3) is 0. The number of nitrogens with two attached hydrogens (primary N) is 1. The molecule has 0 saturated heterocycles. The van der Waals surface area contributed by atoms with Crippen LogP contribution in [0.25, 0.3) is 0 Å². The Balaban J connectivity index is 1.89. The van der Waals surface area contributed by atoms with Crippen LogP contribution in [0.3, 0.4) is 0 Å². The van der Waals surface area contributed by atoms with E-state index in [2.05, 4.69) is 20.6 Å². The molecule has 5 nitrogen and oxygen atoms in total. The van der Waals surface area contributed by atoms with E-state index in [1.165, 1.54) is 24.5 Å². The number of nitrogen functional groups attached to an aromatic ring is 1. The van der Waals surface area contributed by atoms with Gasteiger partial charge in [-0.2, -0.15) is 0 Å². The summed E-state index contributed by atoms with van der Waals surface area (Å²) in [6.45, 7) is 0. The third-order valence-electron chi connectivity index (χ3n) is 3.25. The zero-order valence-electron chi connectivity index (χ0n) is 12.5. The topological polar surface area (TPSA) is 75.9 Å². The molecule has 4 N–H and O–H groups in total. The molecule has 0 bridgehead atoms. The van der Waals surface area contributed by atoms with Crippen molar-refractivity contribution in [3.05, 3.63) is 65.2 Å². The van der Waals surface area contributed by atoms with Crippen LogP contribution in [0.1, 0.15) is 0 Å². The van der Waals surface area contributed by atoms with E-state index < -0.39 is 17.5 Å². The summed E-state index contributed by atoms with van der Waals surface area (Å²) in [4.78, 5) is 7.89. The molecule has 0 fully saturated rings. The summed E-state index contributed by atoms with van der Waals surface area (Å²) in [5, 5.41) is 5.40. The van der Waals surface area contributed by atoms with Crippen molar-refractivity contribution in [1.29, 1.82) is 0 Å². The Morgan fingerprint density at radius 1 is 0.880 bits per heavy atom. The van der Waals surface area contributed by atoms with Crippen LogP contribution in [0.2, 0.25) is 5.02 Å². The molecule has 2 aromatic carbocycles. The van der Waals surface area contributed by atoms with Crippen LogP contribution in [-0.4, -0.2) is 9.97 Å². The molecule has 9 heteroatoms. The Bertz CT molecular complexity index is 936. The number of hydrogen-bond donors (Lipinski definition) is 3. The molecule has 0 amide bonds. The van der Waals surface area contributed by atoms with Gasteiger partial charge in [-0.05, 0) is 30.3 Å². The van der Waals surface area contributed by atoms with Gasteiger partial charge in [-0.15, -0.1) is 0 Å². The first-order chi connectivity index (χ1) is 11.9. The van der Waals surface area contributed by atoms with E-state index in [1.807, 2.05) is 0 Å². The first kappa shape index (κ1) is 16.8. The minimum Gasteiger partial charge on any atom is -0.393 e. The van der Waals surface area contributed by atoms with Crippen molar-refractivity contribution in [3.63, 3.8) is 0 Å². The lowest BCUT2D eigenvalue weighted by molar-refractivity contribution is 0.603. The zero-order valence-corrected chi connectivity index (χ0v) is 13.3. The van der Waals surface area contributed by atoms with Gasteiger partial charge in [-0.25, -0.2) is 23.1 Å². The fourth-order valence-corrected chi connectivity index (χ4v) is 2.21. The quantitative estimate of drug-likeness (QED) is 0.629. The van der Waals surface area contributed by atoms with E-state index in [-0.39, 0.29) is 28.0 Å². The minimum atomic E-state index is -0.667. The standard InChI is InChI=1S/C16H11ClF3N5/c17-10-6-9(2-4-11(10)19)24-15-14(21)16(23-7-22-15)25-13-5-8(18)1-3-12(13)20/h1-7H,21H2,(H2,22,23,24,25). The summed E-state index contributed by atoms with van der Waals surface area (Å²) in [7, 11) is 0. The van der Waals surface area contributed by atoms with Crippen molar-refractivity contribution in [1.82, 2.24) is 9.97 Å². The molecule has 1 heterocycles. The molecule has 0 aliphatic heterocycles. The van der Waals surface area contributed by atoms with E-state index in [9.17, 15) is 13.2 Å². The third kappa shape index (κ3) is 3.74. The molecule has 0 spiro atoms. The van der Waals surface area contributed by atoms with Crippen molar-refractivity contribution in [3.8, 4) is 0 Å². The van der Waals surface area contributed by atoms with E-state index in [4.69, 9.17) is 17.3 Å². The van der Waals surface area contributed by atoms with Crippen LogP contribution in [-0.2, 0) is 0 Å². The van der Waals surface area contributed by atoms with E-state index in [0.29, 0.717) is 5.69 Å². The second-order valence-corrected chi connectivity index (χ2v) is 5.39. The summed E-state index contributed by atoms with van der Waals surface area (Å²) < 4.78 is 40.2. The highest BCUT2D eigenvalue weighted by atomic mass is 35.5. The maximum Gasteiger partial charge on any atom is 0.159 e. The number of hydrogen-bond acceptors (Lipinski definition) is 5. The van der Waals surface area contributed by atoms with Gasteiger partial charge in [-0.1, -0.05) is 11.6 Å². The van der Waals surface area contributed by atoms with Crippen LogP contribution in [0.15, 0.2) is 42.7 Å². The Hall–Kier alpha value is -3.00. The van der Waals surface area contributed by atoms with Gasteiger partial charge in [0.2, 0.25) is 0 Å². The number of nitrogens with one attached hydrogen (secondary N) is 2. The summed E-state index contributed by atoms with van der Waals surface area (Å²) in [5.41, 5.74) is 6.34. The average molecular weight is 366 g/mol. The average Bonchev–Trinajstić information content (AvgIpc) is 2.58. The fourth-order valence-electron chi connectivity index (χ4n) is 2.03. The smallest absolute Gasteiger partial charge is 0.159 e. The van der Waals surface area contributed by atoms with Gasteiger partial charge in [0, 0.05) is 11.8 Å². The lowest BCUT2D eigenvalue weighted by Crippen LogP contribution is -2.06. The van der Waals surface area contributed by atoms with Crippen LogP contribution in [0.4, 0.5) is 41.9 Å². The second kappa shape index (κ2) is 6.86. The van der Waals surface area contributed by atoms with Crippen LogP contribution < -0.4 is 16.4 Å². The third-order valence-corrected chi connectivity index (χ3v) is 3.54. The molecule has 25 heavy (non-hydrogen) atoms. The molecule has 0 aliphatic carbocycles. The van der Waals surface area contributed by atoms with E-state index >= 15 is 0 Å².